The second-order valence-corrected chi connectivity index (χ2v) is 6.91. The van der Waals surface area contributed by atoms with Crippen LogP contribution in [0.15, 0.2) is 41.6 Å². The normalized spacial score (nSPS) is 11.8. The van der Waals surface area contributed by atoms with Crippen LogP contribution in [0.3, 0.4) is 0 Å². The summed E-state index contributed by atoms with van der Waals surface area (Å²) in [6.07, 6.45) is 2.32. The number of hydrogen-bond donors (Lipinski definition) is 2. The van der Waals surface area contributed by atoms with Crippen LogP contribution >= 0.6 is 23.2 Å². The molecule has 0 bridgehead atoms. The highest BCUT2D eigenvalue weighted by Crippen LogP contribution is 2.27. The summed E-state index contributed by atoms with van der Waals surface area (Å²) >= 11 is 11.4. The van der Waals surface area contributed by atoms with Gasteiger partial charge in [-0.2, -0.15) is 0 Å². The van der Waals surface area contributed by atoms with E-state index in [2.05, 4.69) is 14.7 Å². The highest BCUT2D eigenvalue weighted by atomic mass is 35.5. The molecule has 0 saturated carbocycles. The number of nitrogens with one attached hydrogen (secondary N) is 2. The lowest BCUT2D eigenvalue weighted by Gasteiger charge is -2.08. The van der Waals surface area contributed by atoms with Crippen molar-refractivity contribution in [2.24, 2.45) is 0 Å². The molecule has 0 aliphatic heterocycles. The van der Waals surface area contributed by atoms with Gasteiger partial charge in [-0.05, 0) is 18.2 Å². The predicted molar refractivity (Wildman–Crippen MR) is 83.3 cm³/mol. The van der Waals surface area contributed by atoms with Gasteiger partial charge in [0.2, 0.25) is 0 Å². The summed E-state index contributed by atoms with van der Waals surface area (Å²) in [7, 11) is -3.99. The molecule has 0 amide bonds. The van der Waals surface area contributed by atoms with Crippen LogP contribution in [0, 0.1) is 5.82 Å². The summed E-state index contributed by atoms with van der Waals surface area (Å²) in [6.45, 7) is 0. The van der Waals surface area contributed by atoms with Gasteiger partial charge in [0.15, 0.2) is 5.82 Å². The number of nitrogens with zero attached hydrogens (tertiary/aromatic N) is 1. The number of fused-ring (bicyclic) bond motifs is 1. The van der Waals surface area contributed by atoms with Crippen LogP contribution in [-0.4, -0.2) is 18.4 Å². The Hall–Kier alpha value is -1.83. The molecule has 0 unspecified atom stereocenters. The molecule has 22 heavy (non-hydrogen) atoms. The zero-order valence-electron chi connectivity index (χ0n) is 10.8. The molecule has 0 fully saturated rings. The Bertz CT molecular complexity index is 973. The Kier molecular flexibility index (Phi) is 3.72. The van der Waals surface area contributed by atoms with Crippen LogP contribution in [0.1, 0.15) is 0 Å². The van der Waals surface area contributed by atoms with Crippen molar-refractivity contribution in [2.45, 2.75) is 4.90 Å². The van der Waals surface area contributed by atoms with Crippen LogP contribution in [0.25, 0.3) is 10.9 Å². The third-order valence-electron chi connectivity index (χ3n) is 2.96. The summed E-state index contributed by atoms with van der Waals surface area (Å²) in [4.78, 5) is 6.44. The zero-order chi connectivity index (χ0) is 15.9. The first kappa shape index (κ1) is 15.1. The number of aromatic nitrogens is 2. The first-order valence-corrected chi connectivity index (χ1v) is 8.21. The molecule has 0 aliphatic carbocycles. The van der Waals surface area contributed by atoms with Crippen molar-refractivity contribution in [3.63, 3.8) is 0 Å². The quantitative estimate of drug-likeness (QED) is 0.698. The van der Waals surface area contributed by atoms with E-state index in [1.165, 1.54) is 6.20 Å². The maximum atomic E-state index is 13.7. The maximum absolute atomic E-state index is 13.7. The average molecular weight is 360 g/mol. The Labute approximate surface area is 135 Å². The molecule has 0 saturated heterocycles. The van der Waals surface area contributed by atoms with Gasteiger partial charge in [-0.1, -0.05) is 23.2 Å². The summed E-state index contributed by atoms with van der Waals surface area (Å²) in [5.74, 6) is -0.813. The molecular weight excluding hydrogens is 352 g/mol. The second-order valence-electron chi connectivity index (χ2n) is 4.44. The van der Waals surface area contributed by atoms with Crippen LogP contribution in [0.4, 0.5) is 10.1 Å². The van der Waals surface area contributed by atoms with E-state index in [4.69, 9.17) is 23.2 Å². The molecule has 0 radical (unpaired) electrons. The van der Waals surface area contributed by atoms with E-state index in [0.717, 1.165) is 12.3 Å². The van der Waals surface area contributed by atoms with Crippen molar-refractivity contribution in [1.82, 2.24) is 9.97 Å². The molecule has 0 atom stereocenters. The third kappa shape index (κ3) is 2.75. The number of benzene rings is 1. The SMILES string of the molecule is O=S(=O)(Nc1cnc(Cl)cc1F)c1c[nH]c2cc(Cl)ccc12. The molecule has 114 valence electrons. The second kappa shape index (κ2) is 5.42. The van der Waals surface area contributed by atoms with Crippen LogP contribution in [-0.2, 0) is 10.0 Å². The molecule has 1 aromatic carbocycles. The Morgan fingerprint density at radius 1 is 1.23 bits per heavy atom. The van der Waals surface area contributed by atoms with Gasteiger partial charge in [-0.15, -0.1) is 0 Å². The summed E-state index contributed by atoms with van der Waals surface area (Å²) in [5, 5.41) is 0.848. The fourth-order valence-corrected chi connectivity index (χ4v) is 3.52. The van der Waals surface area contributed by atoms with Crippen molar-refractivity contribution in [3.8, 4) is 0 Å². The summed E-state index contributed by atoms with van der Waals surface area (Å²) in [5.41, 5.74) is 0.273. The van der Waals surface area contributed by atoms with Crippen LogP contribution < -0.4 is 4.72 Å². The molecule has 2 aromatic heterocycles. The average Bonchev–Trinajstić information content (AvgIpc) is 2.85. The van der Waals surface area contributed by atoms with E-state index in [1.807, 2.05) is 0 Å². The van der Waals surface area contributed by atoms with E-state index in [0.29, 0.717) is 15.9 Å². The molecule has 2 N–H and O–H groups in total. The van der Waals surface area contributed by atoms with E-state index in [-0.39, 0.29) is 15.7 Å². The Balaban J connectivity index is 2.05. The lowest BCUT2D eigenvalue weighted by Crippen LogP contribution is -2.13. The van der Waals surface area contributed by atoms with Crippen molar-refractivity contribution in [3.05, 3.63) is 52.7 Å². The maximum Gasteiger partial charge on any atom is 0.264 e. The van der Waals surface area contributed by atoms with E-state index in [1.54, 1.807) is 18.2 Å². The number of H-pyrrole nitrogens is 1. The van der Waals surface area contributed by atoms with E-state index >= 15 is 0 Å². The number of halogens is 3. The van der Waals surface area contributed by atoms with Gasteiger partial charge in [-0.25, -0.2) is 17.8 Å². The zero-order valence-corrected chi connectivity index (χ0v) is 13.1. The monoisotopic (exact) mass is 359 g/mol. The minimum Gasteiger partial charge on any atom is -0.360 e. The molecule has 0 aliphatic rings. The highest BCUT2D eigenvalue weighted by Gasteiger charge is 2.21. The Morgan fingerprint density at radius 2 is 2.00 bits per heavy atom. The van der Waals surface area contributed by atoms with Gasteiger partial charge in [0.1, 0.15) is 15.7 Å². The molecule has 5 nitrogen and oxygen atoms in total. The molecule has 3 aromatic rings. The summed E-state index contributed by atoms with van der Waals surface area (Å²) in [6, 6.07) is 5.66. The fraction of sp³-hybridized carbons (Fsp3) is 0. The fourth-order valence-electron chi connectivity index (χ4n) is 1.98. The third-order valence-corrected chi connectivity index (χ3v) is 4.81. The van der Waals surface area contributed by atoms with E-state index in [9.17, 15) is 12.8 Å². The van der Waals surface area contributed by atoms with Gasteiger partial charge < -0.3 is 4.98 Å². The van der Waals surface area contributed by atoms with Crippen LogP contribution in [0.5, 0.6) is 0 Å². The van der Waals surface area contributed by atoms with Gasteiger partial charge >= 0.3 is 0 Å². The van der Waals surface area contributed by atoms with Gasteiger partial charge in [0.25, 0.3) is 10.0 Å². The number of hydrogen-bond acceptors (Lipinski definition) is 3. The van der Waals surface area contributed by atoms with E-state index < -0.39 is 15.8 Å². The first-order valence-electron chi connectivity index (χ1n) is 5.97. The van der Waals surface area contributed by atoms with Crippen LogP contribution in [0.2, 0.25) is 10.2 Å². The van der Waals surface area contributed by atoms with Crippen molar-refractivity contribution >= 4 is 49.8 Å². The number of pyridine rings is 1. The predicted octanol–water partition coefficient (Wildman–Crippen LogP) is 3.81. The molecule has 3 rings (SSSR count). The standard InChI is InChI=1S/C13H8Cl2FN3O2S/c14-7-1-2-8-10(3-7)17-6-12(8)22(20,21)19-11-5-18-13(15)4-9(11)16/h1-6,17,19H. The lowest BCUT2D eigenvalue weighted by molar-refractivity contribution is 0.599. The van der Waals surface area contributed by atoms with Gasteiger partial charge in [0.05, 0.1) is 6.20 Å². The topological polar surface area (TPSA) is 74.8 Å². The van der Waals surface area contributed by atoms with Gasteiger partial charge in [-0.3, -0.25) is 4.72 Å². The summed E-state index contributed by atoms with van der Waals surface area (Å²) < 4.78 is 40.7. The van der Waals surface area contributed by atoms with Gasteiger partial charge in [0, 0.05) is 28.2 Å². The lowest BCUT2D eigenvalue weighted by atomic mass is 10.2. The number of aromatic amines is 1. The molecule has 2 heterocycles. The van der Waals surface area contributed by atoms with Crippen molar-refractivity contribution in [1.29, 1.82) is 0 Å². The molecule has 9 heteroatoms. The van der Waals surface area contributed by atoms with Crippen molar-refractivity contribution in [2.75, 3.05) is 4.72 Å². The van der Waals surface area contributed by atoms with Crippen molar-refractivity contribution < 1.29 is 12.8 Å². The number of sulfonamides is 1. The molecular formula is C13H8Cl2FN3O2S. The molecule has 0 spiro atoms. The minimum absolute atomic E-state index is 0.0199. The Morgan fingerprint density at radius 3 is 2.73 bits per heavy atom. The highest BCUT2D eigenvalue weighted by molar-refractivity contribution is 7.93. The number of rotatable bonds is 3. The first-order chi connectivity index (χ1) is 10.4. The minimum atomic E-state index is -3.99. The number of anilines is 1. The largest absolute Gasteiger partial charge is 0.360 e. The smallest absolute Gasteiger partial charge is 0.264 e.